The molecule has 1 fully saturated rings. The van der Waals surface area contributed by atoms with Gasteiger partial charge in [0, 0.05) is 13.5 Å². The van der Waals surface area contributed by atoms with E-state index in [-0.39, 0.29) is 23.7 Å². The molecule has 2 rings (SSSR count). The van der Waals surface area contributed by atoms with Gasteiger partial charge in [-0.25, -0.2) is 4.39 Å². The van der Waals surface area contributed by atoms with Crippen molar-refractivity contribution in [2.75, 3.05) is 20.6 Å². The van der Waals surface area contributed by atoms with Crippen LogP contribution in [-0.4, -0.2) is 42.9 Å². The van der Waals surface area contributed by atoms with E-state index in [0.29, 0.717) is 19.4 Å². The van der Waals surface area contributed by atoms with Gasteiger partial charge in [0.1, 0.15) is 11.4 Å². The molecule has 0 spiro atoms. The van der Waals surface area contributed by atoms with Crippen LogP contribution in [0.3, 0.4) is 0 Å². The number of rotatable bonds is 6. The van der Waals surface area contributed by atoms with Gasteiger partial charge in [-0.15, -0.1) is 0 Å². The minimum Gasteiger partial charge on any atom is -0.352 e. The number of hydrogen-bond donors (Lipinski definition) is 2. The van der Waals surface area contributed by atoms with E-state index in [2.05, 4.69) is 10.6 Å². The maximum Gasteiger partial charge on any atom is 0.245 e. The Balaban J connectivity index is 2.10. The van der Waals surface area contributed by atoms with Crippen molar-refractivity contribution in [2.45, 2.75) is 50.6 Å². The predicted molar refractivity (Wildman–Crippen MR) is 95.5 cm³/mol. The molecule has 2 amide bonds. The van der Waals surface area contributed by atoms with Gasteiger partial charge in [0.25, 0.3) is 0 Å². The van der Waals surface area contributed by atoms with Gasteiger partial charge in [0.2, 0.25) is 11.8 Å². The molecule has 25 heavy (non-hydrogen) atoms. The summed E-state index contributed by atoms with van der Waals surface area (Å²) in [7, 11) is 3.79. The lowest BCUT2D eigenvalue weighted by atomic mass is 9.80. The number of amides is 2. The molecule has 1 aliphatic carbocycles. The zero-order valence-corrected chi connectivity index (χ0v) is 15.3. The monoisotopic (exact) mass is 349 g/mol. The average Bonchev–Trinajstić information content (AvgIpc) is 2.55. The van der Waals surface area contributed by atoms with E-state index in [1.807, 2.05) is 25.1 Å². The minimum atomic E-state index is -0.817. The molecule has 0 saturated heterocycles. The van der Waals surface area contributed by atoms with Crippen molar-refractivity contribution >= 4 is 11.8 Å². The van der Waals surface area contributed by atoms with Crippen LogP contribution in [0, 0.1) is 5.82 Å². The Labute approximate surface area is 149 Å². The highest BCUT2D eigenvalue weighted by Gasteiger charge is 2.40. The summed E-state index contributed by atoms with van der Waals surface area (Å²) < 4.78 is 13.5. The van der Waals surface area contributed by atoms with Crippen molar-refractivity contribution in [1.82, 2.24) is 15.5 Å². The number of hydrogen-bond acceptors (Lipinski definition) is 3. The highest BCUT2D eigenvalue weighted by molar-refractivity contribution is 5.91. The van der Waals surface area contributed by atoms with Crippen LogP contribution in [0.1, 0.15) is 50.6 Å². The van der Waals surface area contributed by atoms with Crippen molar-refractivity contribution in [2.24, 2.45) is 0 Å². The number of halogens is 1. The first-order chi connectivity index (χ1) is 11.8. The molecule has 1 aromatic carbocycles. The normalized spacial score (nSPS) is 17.8. The molecule has 0 bridgehead atoms. The summed E-state index contributed by atoms with van der Waals surface area (Å²) in [4.78, 5) is 26.4. The predicted octanol–water partition coefficient (Wildman–Crippen LogP) is 2.38. The molecule has 0 aliphatic heterocycles. The molecule has 0 heterocycles. The molecule has 5 nitrogen and oxygen atoms in total. The van der Waals surface area contributed by atoms with E-state index in [1.54, 1.807) is 6.07 Å². The molecule has 1 atom stereocenters. The Bertz CT molecular complexity index is 612. The molecule has 6 heteroatoms. The van der Waals surface area contributed by atoms with Crippen molar-refractivity contribution in [3.8, 4) is 0 Å². The van der Waals surface area contributed by atoms with Crippen molar-refractivity contribution < 1.29 is 14.0 Å². The summed E-state index contributed by atoms with van der Waals surface area (Å²) in [5.41, 5.74) is -0.00869. The highest BCUT2D eigenvalue weighted by Crippen LogP contribution is 2.29. The fourth-order valence-corrected chi connectivity index (χ4v) is 3.57. The van der Waals surface area contributed by atoms with Gasteiger partial charge in [-0.2, -0.15) is 0 Å². The van der Waals surface area contributed by atoms with Crippen LogP contribution in [-0.2, 0) is 9.59 Å². The maximum atomic E-state index is 13.5. The number of carbonyl (C=O) groups is 2. The smallest absolute Gasteiger partial charge is 0.245 e. The van der Waals surface area contributed by atoms with Crippen LogP contribution in [0.4, 0.5) is 4.39 Å². The zero-order chi connectivity index (χ0) is 18.4. The van der Waals surface area contributed by atoms with Gasteiger partial charge in [-0.05, 0) is 44.6 Å². The molecule has 138 valence electrons. The molecule has 1 saturated carbocycles. The van der Waals surface area contributed by atoms with E-state index < -0.39 is 5.54 Å². The van der Waals surface area contributed by atoms with E-state index >= 15 is 0 Å². The Morgan fingerprint density at radius 3 is 2.48 bits per heavy atom. The first kappa shape index (κ1) is 19.4. The summed E-state index contributed by atoms with van der Waals surface area (Å²) in [6, 6.07) is 6.27. The summed E-state index contributed by atoms with van der Waals surface area (Å²) in [6.07, 6.45) is 4.25. The number of benzene rings is 1. The maximum absolute atomic E-state index is 13.5. The second-order valence-corrected chi connectivity index (χ2v) is 7.07. The quantitative estimate of drug-likeness (QED) is 0.829. The third kappa shape index (κ3) is 5.01. The molecule has 2 N–H and O–H groups in total. The van der Waals surface area contributed by atoms with Crippen LogP contribution in [0.15, 0.2) is 24.3 Å². The zero-order valence-electron chi connectivity index (χ0n) is 15.3. The Morgan fingerprint density at radius 1 is 1.24 bits per heavy atom. The van der Waals surface area contributed by atoms with E-state index in [9.17, 15) is 14.0 Å². The third-order valence-corrected chi connectivity index (χ3v) is 4.87. The van der Waals surface area contributed by atoms with E-state index in [4.69, 9.17) is 0 Å². The van der Waals surface area contributed by atoms with Crippen LogP contribution < -0.4 is 10.6 Å². The lowest BCUT2D eigenvalue weighted by molar-refractivity contribution is -0.134. The van der Waals surface area contributed by atoms with Crippen molar-refractivity contribution in [3.63, 3.8) is 0 Å². The average molecular weight is 349 g/mol. The fourth-order valence-electron chi connectivity index (χ4n) is 3.57. The SMILES string of the molecule is CC(=O)NC1(C(=O)NC[C@H](c2cccc(F)c2)N(C)C)CCCCC1. The van der Waals surface area contributed by atoms with Crippen LogP contribution in [0.2, 0.25) is 0 Å². The van der Waals surface area contributed by atoms with Crippen LogP contribution in [0.25, 0.3) is 0 Å². The second kappa shape index (κ2) is 8.43. The summed E-state index contributed by atoms with van der Waals surface area (Å²) >= 11 is 0. The van der Waals surface area contributed by atoms with Gasteiger partial charge < -0.3 is 15.5 Å². The number of nitrogens with one attached hydrogen (secondary N) is 2. The van der Waals surface area contributed by atoms with Gasteiger partial charge in [-0.1, -0.05) is 31.4 Å². The number of likely N-dealkylation sites (N-methyl/N-ethyl adjacent to an activating group) is 1. The largest absolute Gasteiger partial charge is 0.352 e. The Hall–Kier alpha value is -1.95. The lowest BCUT2D eigenvalue weighted by Crippen LogP contribution is -2.59. The van der Waals surface area contributed by atoms with Gasteiger partial charge in [0.05, 0.1) is 6.04 Å². The molecule has 0 radical (unpaired) electrons. The van der Waals surface area contributed by atoms with Gasteiger partial charge >= 0.3 is 0 Å². The fraction of sp³-hybridized carbons (Fsp3) is 0.579. The van der Waals surface area contributed by atoms with Crippen molar-refractivity contribution in [1.29, 1.82) is 0 Å². The molecular weight excluding hydrogens is 321 g/mol. The Morgan fingerprint density at radius 2 is 1.92 bits per heavy atom. The minimum absolute atomic E-state index is 0.141. The highest BCUT2D eigenvalue weighted by atomic mass is 19.1. The summed E-state index contributed by atoms with van der Waals surface area (Å²) in [5.74, 6) is -0.630. The number of nitrogens with zero attached hydrogens (tertiary/aromatic N) is 1. The third-order valence-electron chi connectivity index (χ3n) is 4.87. The van der Waals surface area contributed by atoms with Gasteiger partial charge in [-0.3, -0.25) is 9.59 Å². The van der Waals surface area contributed by atoms with Crippen LogP contribution >= 0.6 is 0 Å². The first-order valence-corrected chi connectivity index (χ1v) is 8.83. The molecule has 1 aliphatic rings. The van der Waals surface area contributed by atoms with Crippen molar-refractivity contribution in [3.05, 3.63) is 35.6 Å². The van der Waals surface area contributed by atoms with Gasteiger partial charge in [0.15, 0.2) is 0 Å². The van der Waals surface area contributed by atoms with E-state index in [1.165, 1.54) is 19.1 Å². The molecule has 1 aromatic rings. The summed E-state index contributed by atoms with van der Waals surface area (Å²) in [6.45, 7) is 1.80. The topological polar surface area (TPSA) is 61.4 Å². The molecule has 0 unspecified atom stereocenters. The Kier molecular flexibility index (Phi) is 6.53. The number of carbonyl (C=O) groups excluding carboxylic acids is 2. The summed E-state index contributed by atoms with van der Waals surface area (Å²) in [5, 5.41) is 5.85. The second-order valence-electron chi connectivity index (χ2n) is 7.07. The molecular formula is C19H28FN3O2. The van der Waals surface area contributed by atoms with Crippen LogP contribution in [0.5, 0.6) is 0 Å². The standard InChI is InChI=1S/C19H28FN3O2/c1-14(24)22-19(10-5-4-6-11-19)18(25)21-13-17(23(2)3)15-8-7-9-16(20)12-15/h7-9,12,17H,4-6,10-11,13H2,1-3H3,(H,21,25)(H,22,24)/t17-/m1/s1. The first-order valence-electron chi connectivity index (χ1n) is 8.83. The van der Waals surface area contributed by atoms with E-state index in [0.717, 1.165) is 24.8 Å². The molecule has 0 aromatic heterocycles. The lowest BCUT2D eigenvalue weighted by Gasteiger charge is -2.37.